The number of likely N-dealkylation sites (tertiary alicyclic amines) is 1. The zero-order chi connectivity index (χ0) is 26.9. The van der Waals surface area contributed by atoms with E-state index in [1.165, 1.54) is 0 Å². The van der Waals surface area contributed by atoms with Crippen LogP contribution in [0.25, 0.3) is 0 Å². The molecule has 0 spiro atoms. The van der Waals surface area contributed by atoms with Crippen LogP contribution in [0.3, 0.4) is 0 Å². The molecule has 1 aromatic rings. The van der Waals surface area contributed by atoms with Crippen LogP contribution in [-0.2, 0) is 19.0 Å². The van der Waals surface area contributed by atoms with Gasteiger partial charge in [0, 0.05) is 58.2 Å². The van der Waals surface area contributed by atoms with Gasteiger partial charge in [-0.05, 0) is 50.1 Å². The fourth-order valence-electron chi connectivity index (χ4n) is 6.60. The molecule has 1 aromatic carbocycles. The second-order valence-corrected chi connectivity index (χ2v) is 11.0. The first kappa shape index (κ1) is 26.9. The number of benzene rings is 1. The molecule has 38 heavy (non-hydrogen) atoms. The predicted molar refractivity (Wildman–Crippen MR) is 144 cm³/mol. The van der Waals surface area contributed by atoms with Crippen LogP contribution in [0, 0.1) is 24.2 Å². The molecule has 206 valence electrons. The Labute approximate surface area is 225 Å². The molecule has 3 aliphatic heterocycles. The fourth-order valence-corrected chi connectivity index (χ4v) is 6.60. The number of fused-ring (bicyclic) bond motifs is 1. The van der Waals surface area contributed by atoms with Crippen molar-refractivity contribution in [3.8, 4) is 12.3 Å². The van der Waals surface area contributed by atoms with Crippen LogP contribution in [0.15, 0.2) is 24.3 Å². The molecule has 1 N–H and O–H groups in total. The third kappa shape index (κ3) is 4.91. The van der Waals surface area contributed by atoms with Crippen molar-refractivity contribution in [1.82, 2.24) is 15.1 Å². The standard InChI is InChI=1S/C29H40N4O5/c1-5-20-18-33(26-25(20)38-19-29(26,36-3)37-4)28(35)24(21-8-6-7-9-21)30-27(34)22-10-12-23(13-11-22)32-16-14-31(2)15-17-32/h1,10-13,20-21,24-26H,6-9,14-19H2,2-4H3,(H,30,34). The monoisotopic (exact) mass is 524 g/mol. The van der Waals surface area contributed by atoms with Crippen LogP contribution < -0.4 is 10.2 Å². The minimum absolute atomic E-state index is 0.0706. The molecular formula is C29H40N4O5. The number of amides is 2. The van der Waals surface area contributed by atoms with Gasteiger partial charge < -0.3 is 34.2 Å². The molecule has 1 saturated carbocycles. The van der Waals surface area contributed by atoms with E-state index in [2.05, 4.69) is 28.1 Å². The van der Waals surface area contributed by atoms with Gasteiger partial charge in [-0.25, -0.2) is 0 Å². The Morgan fingerprint density at radius 3 is 2.37 bits per heavy atom. The maximum Gasteiger partial charge on any atom is 0.251 e. The smallest absolute Gasteiger partial charge is 0.251 e. The molecule has 0 bridgehead atoms. The molecule has 4 atom stereocenters. The Morgan fingerprint density at radius 2 is 1.76 bits per heavy atom. The van der Waals surface area contributed by atoms with Gasteiger partial charge in [-0.2, -0.15) is 0 Å². The first-order valence-electron chi connectivity index (χ1n) is 13.7. The molecule has 9 nitrogen and oxygen atoms in total. The van der Waals surface area contributed by atoms with E-state index in [0.29, 0.717) is 12.1 Å². The van der Waals surface area contributed by atoms with E-state index in [9.17, 15) is 9.59 Å². The van der Waals surface area contributed by atoms with Gasteiger partial charge in [-0.1, -0.05) is 18.8 Å². The normalized spacial score (nSPS) is 28.2. The topological polar surface area (TPSA) is 83.6 Å². The molecular weight excluding hydrogens is 484 g/mol. The number of hydrogen-bond acceptors (Lipinski definition) is 7. The summed E-state index contributed by atoms with van der Waals surface area (Å²) in [5.74, 6) is 1.13. The van der Waals surface area contributed by atoms with Gasteiger partial charge >= 0.3 is 0 Å². The summed E-state index contributed by atoms with van der Waals surface area (Å²) in [6.07, 6.45) is 9.35. The number of carbonyl (C=O) groups excluding carboxylic acids is 2. The van der Waals surface area contributed by atoms with Gasteiger partial charge in [-0.15, -0.1) is 6.42 Å². The highest BCUT2D eigenvalue weighted by Crippen LogP contribution is 2.42. The van der Waals surface area contributed by atoms with Crippen LogP contribution in [0.2, 0.25) is 0 Å². The first-order chi connectivity index (χ1) is 18.4. The van der Waals surface area contributed by atoms with Crippen LogP contribution in [-0.4, -0.2) is 106 Å². The number of piperazine rings is 1. The van der Waals surface area contributed by atoms with Gasteiger partial charge in [0.25, 0.3) is 5.91 Å². The summed E-state index contributed by atoms with van der Waals surface area (Å²) >= 11 is 0. The van der Waals surface area contributed by atoms with Crippen LogP contribution in [0.4, 0.5) is 5.69 Å². The number of ether oxygens (including phenoxy) is 3. The highest BCUT2D eigenvalue weighted by Gasteiger charge is 2.62. The Morgan fingerprint density at radius 1 is 1.11 bits per heavy atom. The van der Waals surface area contributed by atoms with Gasteiger partial charge in [0.1, 0.15) is 18.7 Å². The highest BCUT2D eigenvalue weighted by atomic mass is 16.7. The van der Waals surface area contributed by atoms with Gasteiger partial charge in [0.15, 0.2) is 0 Å². The lowest BCUT2D eigenvalue weighted by molar-refractivity contribution is -0.227. The van der Waals surface area contributed by atoms with Crippen LogP contribution in [0.1, 0.15) is 36.0 Å². The summed E-state index contributed by atoms with van der Waals surface area (Å²) in [7, 11) is 5.25. The Bertz CT molecular complexity index is 1040. The number of terminal acetylenes is 1. The van der Waals surface area contributed by atoms with Gasteiger partial charge in [0.2, 0.25) is 11.7 Å². The summed E-state index contributed by atoms with van der Waals surface area (Å²) in [4.78, 5) is 34.0. The van der Waals surface area contributed by atoms with E-state index < -0.39 is 17.9 Å². The number of nitrogens with one attached hydrogen (secondary N) is 1. The molecule has 0 radical (unpaired) electrons. The Hall–Kier alpha value is -2.64. The third-order valence-corrected chi connectivity index (χ3v) is 8.97. The molecule has 3 heterocycles. The molecule has 9 heteroatoms. The summed E-state index contributed by atoms with van der Waals surface area (Å²) < 4.78 is 17.5. The van der Waals surface area contributed by atoms with E-state index in [0.717, 1.165) is 57.5 Å². The molecule has 5 rings (SSSR count). The minimum atomic E-state index is -1.09. The predicted octanol–water partition coefficient (Wildman–Crippen LogP) is 1.58. The highest BCUT2D eigenvalue weighted by molar-refractivity contribution is 5.98. The maximum absolute atomic E-state index is 14.2. The van der Waals surface area contributed by atoms with Gasteiger partial charge in [-0.3, -0.25) is 9.59 Å². The Kier molecular flexibility index (Phi) is 7.96. The maximum atomic E-state index is 14.2. The van der Waals surface area contributed by atoms with Crippen molar-refractivity contribution in [3.63, 3.8) is 0 Å². The number of methoxy groups -OCH3 is 2. The quantitative estimate of drug-likeness (QED) is 0.428. The lowest BCUT2D eigenvalue weighted by atomic mass is 9.95. The minimum Gasteiger partial charge on any atom is -0.369 e. The molecule has 4 unspecified atom stereocenters. The molecule has 4 fully saturated rings. The fraction of sp³-hybridized carbons (Fsp3) is 0.655. The molecule has 3 saturated heterocycles. The van der Waals surface area contributed by atoms with Gasteiger partial charge in [0.05, 0.1) is 12.0 Å². The second-order valence-electron chi connectivity index (χ2n) is 11.0. The average Bonchev–Trinajstić information content (AvgIpc) is 3.69. The molecule has 0 aromatic heterocycles. The van der Waals surface area contributed by atoms with Crippen molar-refractivity contribution in [2.75, 3.05) is 65.5 Å². The number of anilines is 1. The summed E-state index contributed by atoms with van der Waals surface area (Å²) in [5, 5.41) is 3.11. The molecule has 2 amide bonds. The number of nitrogens with zero attached hydrogens (tertiary/aromatic N) is 3. The van der Waals surface area contributed by atoms with Crippen molar-refractivity contribution in [3.05, 3.63) is 29.8 Å². The first-order valence-corrected chi connectivity index (χ1v) is 13.7. The third-order valence-electron chi connectivity index (χ3n) is 8.97. The zero-order valence-corrected chi connectivity index (χ0v) is 22.7. The van der Waals surface area contributed by atoms with E-state index in [1.54, 1.807) is 19.1 Å². The van der Waals surface area contributed by atoms with Crippen molar-refractivity contribution in [2.24, 2.45) is 11.8 Å². The number of carbonyl (C=O) groups is 2. The van der Waals surface area contributed by atoms with E-state index in [4.69, 9.17) is 20.6 Å². The average molecular weight is 525 g/mol. The van der Waals surface area contributed by atoms with Crippen molar-refractivity contribution >= 4 is 17.5 Å². The van der Waals surface area contributed by atoms with Crippen molar-refractivity contribution in [2.45, 2.75) is 49.7 Å². The molecule has 4 aliphatic rings. The summed E-state index contributed by atoms with van der Waals surface area (Å²) in [6, 6.07) is 6.57. The van der Waals surface area contributed by atoms with E-state index >= 15 is 0 Å². The zero-order valence-electron chi connectivity index (χ0n) is 22.7. The number of likely N-dealkylation sites (N-methyl/N-ethyl adjacent to an activating group) is 1. The molecule has 1 aliphatic carbocycles. The largest absolute Gasteiger partial charge is 0.369 e. The lowest BCUT2D eigenvalue weighted by Crippen LogP contribution is -2.59. The Balaban J connectivity index is 1.34. The lowest BCUT2D eigenvalue weighted by Gasteiger charge is -2.38. The second kappa shape index (κ2) is 11.2. The van der Waals surface area contributed by atoms with E-state index in [-0.39, 0.29) is 36.4 Å². The number of rotatable bonds is 7. The summed E-state index contributed by atoms with van der Waals surface area (Å²) in [5.41, 5.74) is 1.66. The summed E-state index contributed by atoms with van der Waals surface area (Å²) in [6.45, 7) is 4.50. The van der Waals surface area contributed by atoms with Crippen molar-refractivity contribution < 1.29 is 23.8 Å². The van der Waals surface area contributed by atoms with Crippen LogP contribution >= 0.6 is 0 Å². The number of hydrogen-bond donors (Lipinski definition) is 1. The van der Waals surface area contributed by atoms with Crippen molar-refractivity contribution in [1.29, 1.82) is 0 Å². The SMILES string of the molecule is C#CC1CN(C(=O)C(NC(=O)c2ccc(N3CCN(C)CC3)cc2)C2CCCC2)C2C1OCC2(OC)OC. The van der Waals surface area contributed by atoms with Crippen LogP contribution in [0.5, 0.6) is 0 Å². The van der Waals surface area contributed by atoms with E-state index in [1.807, 2.05) is 24.3 Å².